The number of esters is 1. The molecule has 0 bridgehead atoms. The van der Waals surface area contributed by atoms with Crippen LogP contribution in [0.1, 0.15) is 38.4 Å². The van der Waals surface area contributed by atoms with Crippen LogP contribution in [0.3, 0.4) is 0 Å². The van der Waals surface area contributed by atoms with E-state index in [0.717, 1.165) is 41.7 Å². The molecule has 2 rings (SSSR count). The Hall–Kier alpha value is -1.68. The highest BCUT2D eigenvalue weighted by molar-refractivity contribution is 14.0. The lowest BCUT2D eigenvalue weighted by Crippen LogP contribution is -2.38. The van der Waals surface area contributed by atoms with E-state index in [2.05, 4.69) is 27.5 Å². The molecule has 1 aromatic heterocycles. The van der Waals surface area contributed by atoms with Crippen LogP contribution in [0.15, 0.2) is 29.3 Å². The molecule has 1 heterocycles. The average Bonchev–Trinajstić information content (AvgIpc) is 2.97. The fraction of sp³-hybridized carbons (Fsp3) is 0.421. The number of benzene rings is 1. The van der Waals surface area contributed by atoms with E-state index in [1.54, 1.807) is 23.5 Å². The minimum Gasteiger partial charge on any atom is -0.465 e. The number of carbonyl (C=O) groups excluding carboxylic acids is 1. The number of hydrogen-bond donors (Lipinski definition) is 2. The molecule has 0 saturated carbocycles. The summed E-state index contributed by atoms with van der Waals surface area (Å²) in [6, 6.07) is 7.29. The number of guanidine groups is 1. The van der Waals surface area contributed by atoms with Crippen molar-refractivity contribution in [1.29, 1.82) is 0 Å². The van der Waals surface area contributed by atoms with Crippen LogP contribution in [0.5, 0.6) is 0 Å². The smallest absolute Gasteiger partial charge is 0.337 e. The number of thiazole rings is 1. The Morgan fingerprint density at radius 3 is 2.48 bits per heavy atom. The number of hydrogen-bond acceptors (Lipinski definition) is 5. The van der Waals surface area contributed by atoms with E-state index in [0.29, 0.717) is 12.1 Å². The van der Waals surface area contributed by atoms with E-state index in [4.69, 9.17) is 4.74 Å². The first-order valence-electron chi connectivity index (χ1n) is 8.65. The molecule has 2 N–H and O–H groups in total. The van der Waals surface area contributed by atoms with Gasteiger partial charge in [0.1, 0.15) is 0 Å². The van der Waals surface area contributed by atoms with Gasteiger partial charge in [-0.3, -0.25) is 0 Å². The molecule has 6 nitrogen and oxygen atoms in total. The van der Waals surface area contributed by atoms with Gasteiger partial charge in [0.2, 0.25) is 0 Å². The Morgan fingerprint density at radius 1 is 1.22 bits per heavy atom. The molecule has 2 aromatic rings. The Morgan fingerprint density at radius 2 is 1.93 bits per heavy atom. The van der Waals surface area contributed by atoms with Crippen LogP contribution in [-0.4, -0.2) is 37.1 Å². The molecule has 0 aliphatic carbocycles. The molecule has 8 heteroatoms. The van der Waals surface area contributed by atoms with Crippen molar-refractivity contribution in [2.45, 2.75) is 33.7 Å². The van der Waals surface area contributed by atoms with Gasteiger partial charge in [-0.05, 0) is 38.5 Å². The number of carbonyl (C=O) groups is 1. The van der Waals surface area contributed by atoms with Gasteiger partial charge in [0.05, 0.1) is 29.9 Å². The van der Waals surface area contributed by atoms with Crippen molar-refractivity contribution in [1.82, 2.24) is 15.6 Å². The minimum absolute atomic E-state index is 0. The number of nitrogens with one attached hydrogen (secondary N) is 2. The summed E-state index contributed by atoms with van der Waals surface area (Å²) < 4.78 is 4.71. The lowest BCUT2D eigenvalue weighted by Gasteiger charge is -2.10. The number of aromatic nitrogens is 1. The predicted molar refractivity (Wildman–Crippen MR) is 121 cm³/mol. The quantitative estimate of drug-likeness (QED) is 0.263. The van der Waals surface area contributed by atoms with E-state index >= 15 is 0 Å². The Bertz CT molecular complexity index is 740. The Labute approximate surface area is 181 Å². The first-order valence-corrected chi connectivity index (χ1v) is 9.47. The van der Waals surface area contributed by atoms with E-state index in [1.807, 2.05) is 26.0 Å². The van der Waals surface area contributed by atoms with Crippen molar-refractivity contribution in [3.8, 4) is 0 Å². The van der Waals surface area contributed by atoms with Crippen molar-refractivity contribution in [2.75, 3.05) is 20.2 Å². The van der Waals surface area contributed by atoms with Gasteiger partial charge < -0.3 is 15.4 Å². The summed E-state index contributed by atoms with van der Waals surface area (Å²) in [5.74, 6) is 0.442. The van der Waals surface area contributed by atoms with Crippen LogP contribution in [0.25, 0.3) is 0 Å². The van der Waals surface area contributed by atoms with Gasteiger partial charge in [-0.15, -0.1) is 35.3 Å². The fourth-order valence-electron chi connectivity index (χ4n) is 2.31. The molecule has 0 aliphatic heterocycles. The molecule has 0 fully saturated rings. The van der Waals surface area contributed by atoms with Crippen LogP contribution in [-0.2, 0) is 17.7 Å². The maximum Gasteiger partial charge on any atom is 0.337 e. The highest BCUT2D eigenvalue weighted by Gasteiger charge is 2.05. The first-order chi connectivity index (χ1) is 12.5. The van der Waals surface area contributed by atoms with E-state index in [9.17, 15) is 4.79 Å². The number of aliphatic imine (C=N–C) groups is 1. The summed E-state index contributed by atoms with van der Waals surface area (Å²) in [7, 11) is 1.38. The van der Waals surface area contributed by atoms with Crippen LogP contribution in [0.4, 0.5) is 0 Å². The molecule has 0 aliphatic rings. The summed E-state index contributed by atoms with van der Waals surface area (Å²) in [4.78, 5) is 21.9. The lowest BCUT2D eigenvalue weighted by molar-refractivity contribution is 0.0600. The van der Waals surface area contributed by atoms with E-state index in [-0.39, 0.29) is 29.9 Å². The summed E-state index contributed by atoms with van der Waals surface area (Å²) in [5, 5.41) is 7.72. The van der Waals surface area contributed by atoms with Crippen molar-refractivity contribution in [3.63, 3.8) is 0 Å². The average molecular weight is 502 g/mol. The van der Waals surface area contributed by atoms with Crippen molar-refractivity contribution >= 4 is 47.2 Å². The zero-order valence-electron chi connectivity index (χ0n) is 16.2. The topological polar surface area (TPSA) is 75.6 Å². The number of ether oxygens (including phenoxy) is 1. The molecule has 0 amide bonds. The molecular formula is C19H27IN4O2S. The van der Waals surface area contributed by atoms with Crippen LogP contribution < -0.4 is 10.6 Å². The second-order valence-corrected chi connectivity index (χ2v) is 7.10. The SMILES string of the molecule is CCNC(=NCc1ccc(C(=O)OC)cc1)NCCc1nc(C)c(C)s1.I. The first kappa shape index (κ1) is 23.4. The Balaban J connectivity index is 0.00000364. The van der Waals surface area contributed by atoms with Gasteiger partial charge >= 0.3 is 5.97 Å². The molecule has 27 heavy (non-hydrogen) atoms. The number of halogens is 1. The summed E-state index contributed by atoms with van der Waals surface area (Å²) in [6.45, 7) is 8.28. The van der Waals surface area contributed by atoms with E-state index in [1.165, 1.54) is 12.0 Å². The van der Waals surface area contributed by atoms with Crippen LogP contribution in [0, 0.1) is 13.8 Å². The lowest BCUT2D eigenvalue weighted by atomic mass is 10.1. The van der Waals surface area contributed by atoms with Crippen molar-refractivity contribution in [2.24, 2.45) is 4.99 Å². The predicted octanol–water partition coefficient (Wildman–Crippen LogP) is 3.46. The molecule has 0 atom stereocenters. The number of methoxy groups -OCH3 is 1. The monoisotopic (exact) mass is 502 g/mol. The van der Waals surface area contributed by atoms with Gasteiger partial charge in [-0.2, -0.15) is 0 Å². The molecule has 0 unspecified atom stereocenters. The van der Waals surface area contributed by atoms with Crippen molar-refractivity contribution in [3.05, 3.63) is 51.0 Å². The molecular weight excluding hydrogens is 475 g/mol. The van der Waals surface area contributed by atoms with E-state index < -0.39 is 0 Å². The fourth-order valence-corrected chi connectivity index (χ4v) is 3.24. The molecule has 0 radical (unpaired) electrons. The summed E-state index contributed by atoms with van der Waals surface area (Å²) in [5.41, 5.74) is 2.68. The molecule has 148 valence electrons. The van der Waals surface area contributed by atoms with Gasteiger partial charge in [0, 0.05) is 24.4 Å². The molecule has 1 aromatic carbocycles. The number of aryl methyl sites for hydroxylation is 2. The normalized spacial score (nSPS) is 10.9. The zero-order valence-corrected chi connectivity index (χ0v) is 19.3. The third-order valence-electron chi connectivity index (χ3n) is 3.84. The molecule has 0 saturated heterocycles. The highest BCUT2D eigenvalue weighted by atomic mass is 127. The van der Waals surface area contributed by atoms with Crippen LogP contribution >= 0.6 is 35.3 Å². The van der Waals surface area contributed by atoms with Crippen molar-refractivity contribution < 1.29 is 9.53 Å². The standard InChI is InChI=1S/C19H26N4O2S.HI/c1-5-20-19(21-11-10-17-23-13(2)14(3)26-17)22-12-15-6-8-16(9-7-15)18(24)25-4;/h6-9H,5,10-12H2,1-4H3,(H2,20,21,22);1H. The second kappa shape index (κ2) is 11.9. The molecule has 0 spiro atoms. The summed E-state index contributed by atoms with van der Waals surface area (Å²) >= 11 is 1.75. The van der Waals surface area contributed by atoms with Gasteiger partial charge in [0.15, 0.2) is 5.96 Å². The third kappa shape index (κ3) is 7.45. The summed E-state index contributed by atoms with van der Waals surface area (Å²) in [6.07, 6.45) is 0.873. The second-order valence-electron chi connectivity index (χ2n) is 5.81. The maximum absolute atomic E-state index is 11.5. The third-order valence-corrected chi connectivity index (χ3v) is 4.98. The largest absolute Gasteiger partial charge is 0.465 e. The van der Waals surface area contributed by atoms with Crippen LogP contribution in [0.2, 0.25) is 0 Å². The minimum atomic E-state index is -0.331. The number of rotatable bonds is 7. The highest BCUT2D eigenvalue weighted by Crippen LogP contribution is 2.16. The number of nitrogens with zero attached hydrogens (tertiary/aromatic N) is 2. The van der Waals surface area contributed by atoms with Gasteiger partial charge in [0.25, 0.3) is 0 Å². The van der Waals surface area contributed by atoms with Gasteiger partial charge in [-0.1, -0.05) is 12.1 Å². The zero-order chi connectivity index (χ0) is 18.9. The maximum atomic E-state index is 11.5. The van der Waals surface area contributed by atoms with Gasteiger partial charge in [-0.25, -0.2) is 14.8 Å². The Kier molecular flexibility index (Phi) is 10.3.